The van der Waals surface area contributed by atoms with Gasteiger partial charge in [0.1, 0.15) is 17.5 Å². The fraction of sp³-hybridized carbons (Fsp3) is 0.615. The summed E-state index contributed by atoms with van der Waals surface area (Å²) in [7, 11) is 0. The van der Waals surface area contributed by atoms with Crippen LogP contribution in [0, 0.1) is 16.0 Å². The second-order valence-electron chi connectivity index (χ2n) is 5.69. The lowest BCUT2D eigenvalue weighted by Crippen LogP contribution is -2.62. The number of alkyl halides is 2. The molecule has 1 N–H and O–H groups in total. The molecule has 0 radical (unpaired) electrons. The van der Waals surface area contributed by atoms with Crippen LogP contribution >= 0.6 is 12.2 Å². The van der Waals surface area contributed by atoms with Gasteiger partial charge in [-0.25, -0.2) is 13.2 Å². The van der Waals surface area contributed by atoms with Crippen LogP contribution in [0.1, 0.15) is 26.2 Å². The molecule has 21 heavy (non-hydrogen) atoms. The molecule has 4 nitrogen and oxygen atoms in total. The Hall–Kier alpha value is -1.44. The first-order valence-corrected chi connectivity index (χ1v) is 6.91. The van der Waals surface area contributed by atoms with Gasteiger partial charge in [0.2, 0.25) is 5.70 Å². The Balaban J connectivity index is 2.23. The van der Waals surface area contributed by atoms with E-state index in [4.69, 9.17) is 12.2 Å². The van der Waals surface area contributed by atoms with E-state index >= 15 is 0 Å². The predicted octanol–water partition coefficient (Wildman–Crippen LogP) is 3.17. The van der Waals surface area contributed by atoms with E-state index in [0.717, 1.165) is 12.2 Å². The average Bonchev–Trinajstić information content (AvgIpc) is 2.43. The molecule has 0 bridgehead atoms. The van der Waals surface area contributed by atoms with E-state index in [-0.39, 0.29) is 29.9 Å². The number of nitrogens with zero attached hydrogens (tertiary/aromatic N) is 1. The number of thiocarbonyl (C=S) groups is 1. The van der Waals surface area contributed by atoms with Gasteiger partial charge < -0.3 is 5.32 Å². The second-order valence-corrected chi connectivity index (χ2v) is 6.10. The molecule has 0 amide bonds. The maximum absolute atomic E-state index is 14.1. The van der Waals surface area contributed by atoms with Crippen molar-refractivity contribution in [2.45, 2.75) is 37.4 Å². The zero-order valence-corrected chi connectivity index (χ0v) is 12.2. The molecule has 3 atom stereocenters. The molecule has 0 aromatic rings. The molecule has 116 valence electrons. The molecule has 8 heteroatoms. The number of allylic oxidation sites excluding steroid dienone is 3. The molecule has 0 aromatic heterocycles. The van der Waals surface area contributed by atoms with Gasteiger partial charge in [0.05, 0.1) is 4.92 Å². The lowest BCUT2D eigenvalue weighted by atomic mass is 9.72. The standard InChI is InChI=1S/C13H15F3N2O2S/c1-12(4-5-13(16,7-14)11(21)17-12)9-6-8(18(19)20)2-3-10(9)15/h2-3,9H,4-7H2,1H3,(H,17,21)/t9?,12-,13+/m0/s1. The number of hydrogen-bond acceptors (Lipinski definition) is 3. The van der Waals surface area contributed by atoms with Crippen molar-refractivity contribution in [1.29, 1.82) is 0 Å². The van der Waals surface area contributed by atoms with Crippen LogP contribution in [0.4, 0.5) is 13.2 Å². The third kappa shape index (κ3) is 2.81. The molecule has 1 fully saturated rings. The lowest BCUT2D eigenvalue weighted by molar-refractivity contribution is -0.429. The first kappa shape index (κ1) is 15.9. The van der Waals surface area contributed by atoms with Crippen LogP contribution in [0.3, 0.4) is 0 Å². The highest BCUT2D eigenvalue weighted by Crippen LogP contribution is 2.42. The molecule has 1 aliphatic carbocycles. The number of piperidine rings is 1. The van der Waals surface area contributed by atoms with E-state index in [2.05, 4.69) is 5.32 Å². The van der Waals surface area contributed by atoms with Crippen molar-refractivity contribution in [2.24, 2.45) is 5.92 Å². The smallest absolute Gasteiger partial charge is 0.247 e. The van der Waals surface area contributed by atoms with Gasteiger partial charge in [0.25, 0.3) is 0 Å². The third-order valence-corrected chi connectivity index (χ3v) is 4.71. The Labute approximate surface area is 125 Å². The average molecular weight is 320 g/mol. The monoisotopic (exact) mass is 320 g/mol. The van der Waals surface area contributed by atoms with Crippen LogP contribution in [0.2, 0.25) is 0 Å². The highest BCUT2D eigenvalue weighted by atomic mass is 32.1. The van der Waals surface area contributed by atoms with E-state index in [1.807, 2.05) is 0 Å². The predicted molar refractivity (Wildman–Crippen MR) is 75.6 cm³/mol. The summed E-state index contributed by atoms with van der Waals surface area (Å²) in [5, 5.41) is 13.5. The molecule has 2 aliphatic rings. The summed E-state index contributed by atoms with van der Waals surface area (Å²) >= 11 is 4.86. The summed E-state index contributed by atoms with van der Waals surface area (Å²) in [6.07, 6.45) is 2.01. The Bertz CT molecular complexity index is 552. The summed E-state index contributed by atoms with van der Waals surface area (Å²) in [6.45, 7) is 0.385. The fourth-order valence-corrected chi connectivity index (χ4v) is 3.12. The van der Waals surface area contributed by atoms with Gasteiger partial charge in [0, 0.05) is 24.0 Å². The van der Waals surface area contributed by atoms with E-state index in [1.54, 1.807) is 6.92 Å². The van der Waals surface area contributed by atoms with Crippen LogP contribution in [0.5, 0.6) is 0 Å². The summed E-state index contributed by atoms with van der Waals surface area (Å²) in [6, 6.07) is 0. The minimum atomic E-state index is -2.23. The van der Waals surface area contributed by atoms with Crippen molar-refractivity contribution in [2.75, 3.05) is 6.67 Å². The van der Waals surface area contributed by atoms with Gasteiger partial charge in [-0.2, -0.15) is 0 Å². The SMILES string of the molecule is C[C@@]1(C2CC([N+](=O)[O-])=CC=C2F)CC[C@@](F)(CF)C(=S)N1. The van der Waals surface area contributed by atoms with Gasteiger partial charge >= 0.3 is 0 Å². The minimum absolute atomic E-state index is 0.113. The van der Waals surface area contributed by atoms with Gasteiger partial charge in [-0.15, -0.1) is 0 Å². The molecule has 1 aliphatic heterocycles. The molecule has 0 spiro atoms. The zero-order valence-electron chi connectivity index (χ0n) is 11.4. The van der Waals surface area contributed by atoms with Crippen LogP contribution in [-0.2, 0) is 0 Å². The number of hydrogen-bond donors (Lipinski definition) is 1. The zero-order chi connectivity index (χ0) is 15.8. The van der Waals surface area contributed by atoms with Crippen LogP contribution in [0.25, 0.3) is 0 Å². The maximum Gasteiger partial charge on any atom is 0.247 e. The second kappa shape index (κ2) is 5.40. The number of nitrogens with one attached hydrogen (secondary N) is 1. The largest absolute Gasteiger partial charge is 0.371 e. The van der Waals surface area contributed by atoms with Gasteiger partial charge in [-0.1, -0.05) is 12.2 Å². The van der Waals surface area contributed by atoms with Crippen molar-refractivity contribution >= 4 is 17.2 Å². The van der Waals surface area contributed by atoms with Crippen molar-refractivity contribution < 1.29 is 18.1 Å². The summed E-state index contributed by atoms with van der Waals surface area (Å²) in [5.74, 6) is -1.35. The quantitative estimate of drug-likeness (QED) is 0.493. The Morgan fingerprint density at radius 2 is 2.19 bits per heavy atom. The molecule has 1 saturated heterocycles. The summed E-state index contributed by atoms with van der Waals surface area (Å²) in [4.78, 5) is 9.97. The van der Waals surface area contributed by atoms with E-state index in [1.165, 1.54) is 0 Å². The molecule has 0 aromatic carbocycles. The summed E-state index contributed by atoms with van der Waals surface area (Å²) in [5.41, 5.74) is -3.32. The van der Waals surface area contributed by atoms with Crippen molar-refractivity contribution in [3.63, 3.8) is 0 Å². The molecule has 2 rings (SSSR count). The van der Waals surface area contributed by atoms with E-state index in [9.17, 15) is 23.3 Å². The highest BCUT2D eigenvalue weighted by molar-refractivity contribution is 7.80. The summed E-state index contributed by atoms with van der Waals surface area (Å²) < 4.78 is 40.9. The molecular weight excluding hydrogens is 305 g/mol. The number of halogens is 3. The molecule has 1 unspecified atom stereocenters. The topological polar surface area (TPSA) is 55.2 Å². The molecule has 1 heterocycles. The Morgan fingerprint density at radius 1 is 1.52 bits per heavy atom. The third-order valence-electron chi connectivity index (χ3n) is 4.24. The minimum Gasteiger partial charge on any atom is -0.371 e. The van der Waals surface area contributed by atoms with Crippen molar-refractivity contribution in [3.05, 3.63) is 33.8 Å². The Morgan fingerprint density at radius 3 is 2.71 bits per heavy atom. The van der Waals surface area contributed by atoms with Crippen molar-refractivity contribution in [1.82, 2.24) is 5.32 Å². The first-order valence-electron chi connectivity index (χ1n) is 6.50. The van der Waals surface area contributed by atoms with Gasteiger partial charge in [-0.3, -0.25) is 10.1 Å². The maximum atomic E-state index is 14.1. The fourth-order valence-electron chi connectivity index (χ4n) is 2.73. The normalized spacial score (nSPS) is 36.6. The van der Waals surface area contributed by atoms with Gasteiger partial charge in [0.15, 0.2) is 5.67 Å². The van der Waals surface area contributed by atoms with E-state index in [0.29, 0.717) is 0 Å². The highest BCUT2D eigenvalue weighted by Gasteiger charge is 2.50. The lowest BCUT2D eigenvalue weighted by Gasteiger charge is -2.46. The molecular formula is C13H15F3N2O2S. The molecule has 0 saturated carbocycles. The van der Waals surface area contributed by atoms with E-state index < -0.39 is 34.6 Å². The number of nitro groups is 1. The van der Waals surface area contributed by atoms with Crippen LogP contribution < -0.4 is 5.32 Å². The number of rotatable bonds is 3. The van der Waals surface area contributed by atoms with Gasteiger partial charge in [-0.05, 0) is 25.8 Å². The van der Waals surface area contributed by atoms with Crippen molar-refractivity contribution in [3.8, 4) is 0 Å². The van der Waals surface area contributed by atoms with Crippen LogP contribution in [0.15, 0.2) is 23.7 Å². The Kier molecular flexibility index (Phi) is 4.10. The first-order chi connectivity index (χ1) is 9.72. The van der Waals surface area contributed by atoms with Crippen LogP contribution in [-0.4, -0.2) is 27.8 Å².